The zero-order chi connectivity index (χ0) is 21.6. The molecule has 0 bridgehead atoms. The molecule has 2 heterocycles. The molecule has 0 saturated carbocycles. The molecular formula is C24H25N3O3S. The van der Waals surface area contributed by atoms with Crippen molar-refractivity contribution in [2.45, 2.75) is 26.7 Å². The molecule has 31 heavy (non-hydrogen) atoms. The largest absolute Gasteiger partial charge is 0.493 e. The van der Waals surface area contributed by atoms with Crippen LogP contribution in [0.1, 0.15) is 17.4 Å². The molecule has 4 aromatic rings. The van der Waals surface area contributed by atoms with Gasteiger partial charge in [0.05, 0.1) is 25.4 Å². The van der Waals surface area contributed by atoms with Crippen LogP contribution in [-0.4, -0.2) is 28.3 Å². The molecule has 2 aromatic carbocycles. The molecule has 0 spiro atoms. The first-order valence-corrected chi connectivity index (χ1v) is 11.0. The van der Waals surface area contributed by atoms with E-state index in [0.29, 0.717) is 31.0 Å². The first-order chi connectivity index (χ1) is 15.2. The van der Waals surface area contributed by atoms with E-state index in [1.165, 1.54) is 4.68 Å². The fourth-order valence-corrected chi connectivity index (χ4v) is 4.03. The second-order valence-corrected chi connectivity index (χ2v) is 8.21. The minimum absolute atomic E-state index is 0.0774. The first-order valence-electron chi connectivity index (χ1n) is 10.2. The van der Waals surface area contributed by atoms with Gasteiger partial charge in [0.25, 0.3) is 5.56 Å². The van der Waals surface area contributed by atoms with Crippen LogP contribution in [0.5, 0.6) is 11.5 Å². The average Bonchev–Trinajstić information content (AvgIpc) is 3.33. The van der Waals surface area contributed by atoms with Gasteiger partial charge in [-0.1, -0.05) is 37.3 Å². The van der Waals surface area contributed by atoms with Gasteiger partial charge in [0, 0.05) is 16.8 Å². The van der Waals surface area contributed by atoms with Crippen molar-refractivity contribution < 1.29 is 9.47 Å². The van der Waals surface area contributed by atoms with Gasteiger partial charge in [-0.2, -0.15) is 5.10 Å². The number of rotatable bonds is 9. The van der Waals surface area contributed by atoms with E-state index in [9.17, 15) is 4.79 Å². The average molecular weight is 436 g/mol. The maximum Gasteiger partial charge on any atom is 0.275 e. The van der Waals surface area contributed by atoms with Crippen LogP contribution >= 0.6 is 11.3 Å². The van der Waals surface area contributed by atoms with E-state index in [1.54, 1.807) is 24.6 Å². The smallest absolute Gasteiger partial charge is 0.275 e. The summed E-state index contributed by atoms with van der Waals surface area (Å²) in [6, 6.07) is 17.6. The van der Waals surface area contributed by atoms with Crippen molar-refractivity contribution in [2.75, 3.05) is 13.7 Å². The highest BCUT2D eigenvalue weighted by Crippen LogP contribution is 2.29. The number of benzene rings is 2. The van der Waals surface area contributed by atoms with Crippen molar-refractivity contribution in [2.24, 2.45) is 0 Å². The highest BCUT2D eigenvalue weighted by molar-refractivity contribution is 7.09. The van der Waals surface area contributed by atoms with Crippen molar-refractivity contribution in [1.82, 2.24) is 14.7 Å². The molecule has 7 heteroatoms. The molecule has 6 nitrogen and oxygen atoms in total. The van der Waals surface area contributed by atoms with Gasteiger partial charge in [-0.15, -0.1) is 11.3 Å². The third-order valence-corrected chi connectivity index (χ3v) is 5.98. The van der Waals surface area contributed by atoms with Crippen LogP contribution in [0.3, 0.4) is 0 Å². The molecular weight excluding hydrogens is 410 g/mol. The number of nitrogens with zero attached hydrogens (tertiary/aromatic N) is 3. The van der Waals surface area contributed by atoms with Crippen molar-refractivity contribution in [1.29, 1.82) is 0 Å². The van der Waals surface area contributed by atoms with Gasteiger partial charge in [-0.3, -0.25) is 9.69 Å². The van der Waals surface area contributed by atoms with Gasteiger partial charge in [0.15, 0.2) is 11.5 Å². The van der Waals surface area contributed by atoms with Crippen LogP contribution in [0.2, 0.25) is 0 Å². The highest BCUT2D eigenvalue weighted by atomic mass is 32.1. The standard InChI is InChI=1S/C24H25N3O3S/c1-3-26(17-27-24(28)21-9-5-4-7-19(21)14-25-27)15-18-10-11-22(23(13-18)29-2)30-16-20-8-6-12-31-20/h4-14H,3,15-17H2,1-2H3. The zero-order valence-electron chi connectivity index (χ0n) is 17.7. The van der Waals surface area contributed by atoms with Crippen molar-refractivity contribution >= 4 is 22.1 Å². The number of ether oxygens (including phenoxy) is 2. The topological polar surface area (TPSA) is 56.6 Å². The molecule has 0 unspecified atom stereocenters. The summed E-state index contributed by atoms with van der Waals surface area (Å²) in [5, 5.41) is 7.93. The van der Waals surface area contributed by atoms with Crippen molar-refractivity contribution in [3.8, 4) is 11.5 Å². The predicted molar refractivity (Wildman–Crippen MR) is 124 cm³/mol. The van der Waals surface area contributed by atoms with Gasteiger partial charge >= 0.3 is 0 Å². The van der Waals surface area contributed by atoms with Crippen LogP contribution in [-0.2, 0) is 19.8 Å². The Balaban J connectivity index is 1.48. The summed E-state index contributed by atoms with van der Waals surface area (Å²) in [6.45, 7) is 4.45. The summed E-state index contributed by atoms with van der Waals surface area (Å²) in [6.07, 6.45) is 1.74. The molecule has 160 valence electrons. The monoisotopic (exact) mass is 435 g/mol. The van der Waals surface area contributed by atoms with Crippen LogP contribution < -0.4 is 15.0 Å². The maximum atomic E-state index is 12.8. The normalized spacial score (nSPS) is 11.2. The maximum absolute atomic E-state index is 12.8. The molecule has 4 rings (SSSR count). The summed E-state index contributed by atoms with van der Waals surface area (Å²) in [7, 11) is 1.65. The Hall–Kier alpha value is -3.16. The van der Waals surface area contributed by atoms with Crippen LogP contribution in [0.15, 0.2) is 71.0 Å². The minimum atomic E-state index is -0.0774. The fourth-order valence-electron chi connectivity index (χ4n) is 3.41. The molecule has 0 aliphatic heterocycles. The molecule has 0 aliphatic carbocycles. The second kappa shape index (κ2) is 9.76. The Morgan fingerprint density at radius 1 is 1.10 bits per heavy atom. The summed E-state index contributed by atoms with van der Waals surface area (Å²) in [4.78, 5) is 16.1. The van der Waals surface area contributed by atoms with Gasteiger partial charge in [0.1, 0.15) is 6.61 Å². The summed E-state index contributed by atoms with van der Waals surface area (Å²) in [5.41, 5.74) is 1.00. The Bertz CT molecular complexity index is 1200. The molecule has 0 saturated heterocycles. The van der Waals surface area contributed by atoms with Crippen molar-refractivity contribution in [3.63, 3.8) is 0 Å². The third-order valence-electron chi connectivity index (χ3n) is 5.13. The summed E-state index contributed by atoms with van der Waals surface area (Å²) < 4.78 is 13.0. The molecule has 0 radical (unpaired) electrons. The minimum Gasteiger partial charge on any atom is -0.493 e. The van der Waals surface area contributed by atoms with E-state index in [-0.39, 0.29) is 5.56 Å². The number of methoxy groups -OCH3 is 1. The van der Waals surface area contributed by atoms with Crippen LogP contribution in [0.4, 0.5) is 0 Å². The second-order valence-electron chi connectivity index (χ2n) is 7.18. The lowest BCUT2D eigenvalue weighted by atomic mass is 10.2. The van der Waals surface area contributed by atoms with Gasteiger partial charge in [-0.05, 0) is 41.8 Å². The van der Waals surface area contributed by atoms with Gasteiger partial charge < -0.3 is 9.47 Å². The molecule has 2 aromatic heterocycles. The molecule has 0 amide bonds. The quantitative estimate of drug-likeness (QED) is 0.387. The summed E-state index contributed by atoms with van der Waals surface area (Å²) >= 11 is 1.67. The lowest BCUT2D eigenvalue weighted by Crippen LogP contribution is -2.33. The third kappa shape index (κ3) is 4.95. The Morgan fingerprint density at radius 2 is 1.97 bits per heavy atom. The Kier molecular flexibility index (Phi) is 6.64. The van der Waals surface area contributed by atoms with E-state index < -0.39 is 0 Å². The molecule has 0 atom stereocenters. The SMILES string of the molecule is CCN(Cc1ccc(OCc2cccs2)c(OC)c1)Cn1ncc2ccccc2c1=O. The van der Waals surface area contributed by atoms with E-state index in [4.69, 9.17) is 9.47 Å². The molecule has 0 aliphatic rings. The number of thiophene rings is 1. The lowest BCUT2D eigenvalue weighted by molar-refractivity contribution is 0.204. The Morgan fingerprint density at radius 3 is 2.74 bits per heavy atom. The number of hydrogen-bond donors (Lipinski definition) is 0. The van der Waals surface area contributed by atoms with E-state index >= 15 is 0 Å². The highest BCUT2D eigenvalue weighted by Gasteiger charge is 2.12. The van der Waals surface area contributed by atoms with Gasteiger partial charge in [0.2, 0.25) is 0 Å². The van der Waals surface area contributed by atoms with Gasteiger partial charge in [-0.25, -0.2) is 4.68 Å². The van der Waals surface area contributed by atoms with E-state index in [1.807, 2.05) is 60.0 Å². The Labute approximate surface area is 185 Å². The number of fused-ring (bicyclic) bond motifs is 1. The number of aromatic nitrogens is 2. The zero-order valence-corrected chi connectivity index (χ0v) is 18.5. The summed E-state index contributed by atoms with van der Waals surface area (Å²) in [5.74, 6) is 1.42. The fraction of sp³-hybridized carbons (Fsp3) is 0.250. The van der Waals surface area contributed by atoms with E-state index in [0.717, 1.165) is 28.1 Å². The van der Waals surface area contributed by atoms with Crippen molar-refractivity contribution in [3.05, 3.63) is 87.0 Å². The predicted octanol–water partition coefficient (Wildman–Crippen LogP) is 4.53. The lowest BCUT2D eigenvalue weighted by Gasteiger charge is -2.21. The first kappa shape index (κ1) is 21.1. The van der Waals surface area contributed by atoms with Crippen LogP contribution in [0.25, 0.3) is 10.8 Å². The molecule has 0 N–H and O–H groups in total. The van der Waals surface area contributed by atoms with Crippen LogP contribution in [0, 0.1) is 0 Å². The number of hydrogen-bond acceptors (Lipinski definition) is 6. The van der Waals surface area contributed by atoms with E-state index in [2.05, 4.69) is 16.9 Å². The molecule has 0 fully saturated rings.